The molecule has 0 radical (unpaired) electrons. The number of rotatable bonds is 4. The Hall–Kier alpha value is -1.23. The van der Waals surface area contributed by atoms with Crippen molar-refractivity contribution in [1.82, 2.24) is 9.80 Å². The van der Waals surface area contributed by atoms with Gasteiger partial charge in [0.05, 0.1) is 12.9 Å². The van der Waals surface area contributed by atoms with Crippen LogP contribution in [0.15, 0.2) is 12.8 Å². The first-order valence-electron chi connectivity index (χ1n) is 6.35. The van der Waals surface area contributed by atoms with Gasteiger partial charge in [0.2, 0.25) is 0 Å². The van der Waals surface area contributed by atoms with Crippen LogP contribution in [0.4, 0.5) is 4.79 Å². The minimum atomic E-state index is -0.425. The second-order valence-electron chi connectivity index (χ2n) is 5.35. The van der Waals surface area contributed by atoms with Crippen molar-refractivity contribution in [3.8, 4) is 0 Å². The van der Waals surface area contributed by atoms with Gasteiger partial charge in [-0.05, 0) is 20.8 Å². The molecule has 18 heavy (non-hydrogen) atoms. The van der Waals surface area contributed by atoms with E-state index in [2.05, 4.69) is 11.5 Å². The van der Waals surface area contributed by atoms with Gasteiger partial charge >= 0.3 is 6.09 Å². The molecular formula is C13H24N2O3. The molecule has 0 aromatic heterocycles. The molecule has 5 heteroatoms. The van der Waals surface area contributed by atoms with E-state index >= 15 is 0 Å². The zero-order valence-corrected chi connectivity index (χ0v) is 11.6. The van der Waals surface area contributed by atoms with E-state index in [0.717, 1.165) is 19.6 Å². The smallest absolute Gasteiger partial charge is 0.410 e. The third kappa shape index (κ3) is 5.40. The number of carbonyl (C=O) groups excluding carboxylic acids is 1. The fourth-order valence-electron chi connectivity index (χ4n) is 1.75. The van der Waals surface area contributed by atoms with E-state index < -0.39 is 5.60 Å². The maximum Gasteiger partial charge on any atom is 0.410 e. The lowest BCUT2D eigenvalue weighted by molar-refractivity contribution is 0.0132. The number of hydrogen-bond acceptors (Lipinski definition) is 4. The lowest BCUT2D eigenvalue weighted by Crippen LogP contribution is -2.50. The van der Waals surface area contributed by atoms with Crippen LogP contribution in [0.25, 0.3) is 0 Å². The minimum Gasteiger partial charge on any atom is -0.500 e. The van der Waals surface area contributed by atoms with E-state index in [9.17, 15) is 4.79 Å². The van der Waals surface area contributed by atoms with Crippen molar-refractivity contribution in [1.29, 1.82) is 0 Å². The predicted octanol–water partition coefficient (Wildman–Crippen LogP) is 1.70. The number of hydrogen-bond donors (Lipinski definition) is 0. The molecule has 0 saturated carbocycles. The summed E-state index contributed by atoms with van der Waals surface area (Å²) in [4.78, 5) is 15.9. The molecule has 0 spiro atoms. The SMILES string of the molecule is C=COCCN1CCN(C(=O)OC(C)(C)C)CC1. The van der Waals surface area contributed by atoms with Crippen LogP contribution in [0.2, 0.25) is 0 Å². The lowest BCUT2D eigenvalue weighted by Gasteiger charge is -2.35. The van der Waals surface area contributed by atoms with Crippen LogP contribution >= 0.6 is 0 Å². The van der Waals surface area contributed by atoms with Gasteiger partial charge in [0, 0.05) is 32.7 Å². The Bertz CT molecular complexity index is 278. The van der Waals surface area contributed by atoms with Gasteiger partial charge in [-0.25, -0.2) is 4.79 Å². The van der Waals surface area contributed by atoms with Gasteiger partial charge in [0.1, 0.15) is 5.60 Å². The van der Waals surface area contributed by atoms with E-state index in [0.29, 0.717) is 19.7 Å². The molecule has 1 rings (SSSR count). The van der Waals surface area contributed by atoms with Gasteiger partial charge in [-0.1, -0.05) is 6.58 Å². The lowest BCUT2D eigenvalue weighted by atomic mass is 10.2. The normalized spacial score (nSPS) is 17.4. The predicted molar refractivity (Wildman–Crippen MR) is 70.4 cm³/mol. The summed E-state index contributed by atoms with van der Waals surface area (Å²) in [6, 6.07) is 0. The molecule has 1 fully saturated rings. The molecule has 104 valence electrons. The molecule has 0 unspecified atom stereocenters. The van der Waals surface area contributed by atoms with E-state index in [4.69, 9.17) is 9.47 Å². The maximum atomic E-state index is 11.8. The van der Waals surface area contributed by atoms with Gasteiger partial charge in [-0.15, -0.1) is 0 Å². The van der Waals surface area contributed by atoms with Crippen LogP contribution < -0.4 is 0 Å². The quantitative estimate of drug-likeness (QED) is 0.567. The van der Waals surface area contributed by atoms with E-state index in [-0.39, 0.29) is 6.09 Å². The Morgan fingerprint density at radius 3 is 2.39 bits per heavy atom. The number of amides is 1. The summed E-state index contributed by atoms with van der Waals surface area (Å²) in [5, 5.41) is 0. The molecule has 0 aliphatic carbocycles. The molecule has 0 aromatic carbocycles. The van der Waals surface area contributed by atoms with Crippen molar-refractivity contribution < 1.29 is 14.3 Å². The Morgan fingerprint density at radius 1 is 1.28 bits per heavy atom. The molecule has 0 atom stereocenters. The van der Waals surface area contributed by atoms with Gasteiger partial charge < -0.3 is 14.4 Å². The molecule has 0 N–H and O–H groups in total. The molecule has 1 aliphatic rings. The Morgan fingerprint density at radius 2 is 1.89 bits per heavy atom. The summed E-state index contributed by atoms with van der Waals surface area (Å²) >= 11 is 0. The molecule has 1 aliphatic heterocycles. The van der Waals surface area contributed by atoms with Crippen molar-refractivity contribution in [2.75, 3.05) is 39.3 Å². The molecular weight excluding hydrogens is 232 g/mol. The van der Waals surface area contributed by atoms with Crippen LogP contribution in [-0.2, 0) is 9.47 Å². The monoisotopic (exact) mass is 256 g/mol. The van der Waals surface area contributed by atoms with Gasteiger partial charge in [-0.2, -0.15) is 0 Å². The average Bonchev–Trinajstić information content (AvgIpc) is 2.28. The van der Waals surface area contributed by atoms with Crippen LogP contribution in [0.1, 0.15) is 20.8 Å². The molecule has 1 saturated heterocycles. The summed E-state index contributed by atoms with van der Waals surface area (Å²) < 4.78 is 10.4. The van der Waals surface area contributed by atoms with Gasteiger partial charge in [0.25, 0.3) is 0 Å². The second kappa shape index (κ2) is 6.64. The first-order chi connectivity index (χ1) is 8.42. The highest BCUT2D eigenvalue weighted by Crippen LogP contribution is 2.11. The highest BCUT2D eigenvalue weighted by Gasteiger charge is 2.25. The number of ether oxygens (including phenoxy) is 2. The number of piperazine rings is 1. The second-order valence-corrected chi connectivity index (χ2v) is 5.35. The molecule has 0 aromatic rings. The number of nitrogens with zero attached hydrogens (tertiary/aromatic N) is 2. The van der Waals surface area contributed by atoms with Crippen molar-refractivity contribution in [3.63, 3.8) is 0 Å². The topological polar surface area (TPSA) is 42.0 Å². The highest BCUT2D eigenvalue weighted by molar-refractivity contribution is 5.68. The van der Waals surface area contributed by atoms with Gasteiger partial charge in [0.15, 0.2) is 0 Å². The molecule has 1 amide bonds. The number of carbonyl (C=O) groups is 1. The van der Waals surface area contributed by atoms with Crippen molar-refractivity contribution in [2.45, 2.75) is 26.4 Å². The third-order valence-electron chi connectivity index (χ3n) is 2.67. The van der Waals surface area contributed by atoms with Crippen molar-refractivity contribution >= 4 is 6.09 Å². The zero-order chi connectivity index (χ0) is 13.6. The summed E-state index contributed by atoms with van der Waals surface area (Å²) in [6.45, 7) is 13.8. The first-order valence-corrected chi connectivity index (χ1v) is 6.35. The molecule has 0 bridgehead atoms. The maximum absolute atomic E-state index is 11.8. The summed E-state index contributed by atoms with van der Waals surface area (Å²) in [6.07, 6.45) is 1.24. The summed E-state index contributed by atoms with van der Waals surface area (Å²) in [5.41, 5.74) is -0.425. The van der Waals surface area contributed by atoms with Crippen LogP contribution in [0.3, 0.4) is 0 Å². The van der Waals surface area contributed by atoms with Crippen LogP contribution in [0, 0.1) is 0 Å². The van der Waals surface area contributed by atoms with Crippen LogP contribution in [-0.4, -0.2) is 60.8 Å². The van der Waals surface area contributed by atoms with E-state index in [1.165, 1.54) is 6.26 Å². The van der Waals surface area contributed by atoms with Gasteiger partial charge in [-0.3, -0.25) is 4.90 Å². The Balaban J connectivity index is 2.26. The third-order valence-corrected chi connectivity index (χ3v) is 2.67. The zero-order valence-electron chi connectivity index (χ0n) is 11.6. The summed E-state index contributed by atoms with van der Waals surface area (Å²) in [5.74, 6) is 0. The van der Waals surface area contributed by atoms with Crippen molar-refractivity contribution in [3.05, 3.63) is 12.8 Å². The minimum absolute atomic E-state index is 0.218. The van der Waals surface area contributed by atoms with Crippen LogP contribution in [0.5, 0.6) is 0 Å². The highest BCUT2D eigenvalue weighted by atomic mass is 16.6. The fourth-order valence-corrected chi connectivity index (χ4v) is 1.75. The summed E-state index contributed by atoms with van der Waals surface area (Å²) in [7, 11) is 0. The molecule has 5 nitrogen and oxygen atoms in total. The van der Waals surface area contributed by atoms with Crippen molar-refractivity contribution in [2.24, 2.45) is 0 Å². The average molecular weight is 256 g/mol. The standard InChI is InChI=1S/C13H24N2O3/c1-5-17-11-10-14-6-8-15(9-7-14)12(16)18-13(2,3)4/h5H,1,6-11H2,2-4H3. The molecule has 1 heterocycles. The largest absolute Gasteiger partial charge is 0.500 e. The van der Waals surface area contributed by atoms with E-state index in [1.54, 1.807) is 4.90 Å². The van der Waals surface area contributed by atoms with E-state index in [1.807, 2.05) is 20.8 Å². The Labute approximate surface area is 109 Å². The fraction of sp³-hybridized carbons (Fsp3) is 0.769. The first kappa shape index (κ1) is 14.8. The Kier molecular flexibility index (Phi) is 5.47.